The minimum Gasteiger partial charge on any atom is -0.348 e. The molecule has 0 spiro atoms. The van der Waals surface area contributed by atoms with E-state index in [-0.39, 0.29) is 5.91 Å². The summed E-state index contributed by atoms with van der Waals surface area (Å²) < 4.78 is 0. The number of carbonyl (C=O) groups is 1. The number of rotatable bonds is 2. The van der Waals surface area contributed by atoms with Crippen LogP contribution >= 0.6 is 0 Å². The molecule has 4 heteroatoms. The van der Waals surface area contributed by atoms with Crippen LogP contribution in [-0.2, 0) is 0 Å². The van der Waals surface area contributed by atoms with Crippen molar-refractivity contribution in [1.82, 2.24) is 15.5 Å². The first kappa shape index (κ1) is 12.2. The number of carbonyl (C=O) groups excluding carboxylic acids is 1. The topological polar surface area (TPSA) is 57.8 Å². The molecule has 2 N–H and O–H groups in total. The number of nitrogens with zero attached hydrogens (tertiary/aromatic N) is 1. The molecular weight excluding hydrogens is 238 g/mol. The zero-order valence-electron chi connectivity index (χ0n) is 11.1. The van der Waals surface area contributed by atoms with Crippen LogP contribution in [0, 0.1) is 5.92 Å². The Balaban J connectivity index is 1.76. The molecule has 1 aliphatic rings. The second-order valence-electron chi connectivity index (χ2n) is 5.56. The molecule has 1 heterocycles. The lowest BCUT2D eigenvalue weighted by Crippen LogP contribution is -2.38. The predicted molar refractivity (Wildman–Crippen MR) is 75.0 cm³/mol. The van der Waals surface area contributed by atoms with Gasteiger partial charge in [-0.25, -0.2) is 0 Å². The van der Waals surface area contributed by atoms with Crippen LogP contribution < -0.4 is 5.32 Å². The number of aromatic nitrogens is 2. The van der Waals surface area contributed by atoms with Crippen LogP contribution in [-0.4, -0.2) is 22.1 Å². The molecule has 2 unspecified atom stereocenters. The highest BCUT2D eigenvalue weighted by molar-refractivity contribution is 6.04. The van der Waals surface area contributed by atoms with E-state index in [4.69, 9.17) is 0 Å². The van der Waals surface area contributed by atoms with E-state index in [1.807, 2.05) is 24.3 Å². The van der Waals surface area contributed by atoms with Crippen molar-refractivity contribution in [2.75, 3.05) is 0 Å². The van der Waals surface area contributed by atoms with Gasteiger partial charge in [0.15, 0.2) is 5.69 Å². The zero-order chi connectivity index (χ0) is 13.2. The number of nitrogens with one attached hydrogen (secondary N) is 2. The summed E-state index contributed by atoms with van der Waals surface area (Å²) in [6.45, 7) is 2.25. The van der Waals surface area contributed by atoms with Gasteiger partial charge in [0.2, 0.25) is 0 Å². The summed E-state index contributed by atoms with van der Waals surface area (Å²) in [6, 6.07) is 8.02. The maximum absolute atomic E-state index is 12.3. The van der Waals surface area contributed by atoms with Crippen LogP contribution in [0.2, 0.25) is 0 Å². The minimum atomic E-state index is -0.0587. The molecule has 1 aromatic carbocycles. The summed E-state index contributed by atoms with van der Waals surface area (Å²) in [7, 11) is 0. The highest BCUT2D eigenvalue weighted by Gasteiger charge is 2.22. The van der Waals surface area contributed by atoms with Crippen LogP contribution in [0.1, 0.15) is 43.1 Å². The van der Waals surface area contributed by atoms with Crippen molar-refractivity contribution in [3.05, 3.63) is 30.0 Å². The first-order chi connectivity index (χ1) is 9.24. The normalized spacial score (nSPS) is 23.4. The van der Waals surface area contributed by atoms with E-state index in [2.05, 4.69) is 22.4 Å². The molecule has 4 nitrogen and oxygen atoms in total. The molecule has 1 saturated carbocycles. The third-order valence-electron chi connectivity index (χ3n) is 3.96. The molecule has 2 atom stereocenters. The Labute approximate surface area is 112 Å². The van der Waals surface area contributed by atoms with Gasteiger partial charge in [-0.1, -0.05) is 38.0 Å². The first-order valence-electron chi connectivity index (χ1n) is 6.98. The number of fused-ring (bicyclic) bond motifs is 1. The van der Waals surface area contributed by atoms with Gasteiger partial charge in [-0.05, 0) is 24.8 Å². The number of H-pyrrole nitrogens is 1. The van der Waals surface area contributed by atoms with Gasteiger partial charge in [-0.3, -0.25) is 9.89 Å². The molecule has 3 rings (SSSR count). The van der Waals surface area contributed by atoms with E-state index in [1.54, 1.807) is 0 Å². The van der Waals surface area contributed by atoms with Crippen molar-refractivity contribution in [1.29, 1.82) is 0 Å². The largest absolute Gasteiger partial charge is 0.348 e. The van der Waals surface area contributed by atoms with E-state index in [0.717, 1.165) is 23.7 Å². The van der Waals surface area contributed by atoms with Gasteiger partial charge in [0.05, 0.1) is 5.52 Å². The van der Waals surface area contributed by atoms with Crippen molar-refractivity contribution in [2.24, 2.45) is 5.92 Å². The van der Waals surface area contributed by atoms with Gasteiger partial charge in [-0.15, -0.1) is 0 Å². The molecule has 1 fully saturated rings. The molecule has 19 heavy (non-hydrogen) atoms. The van der Waals surface area contributed by atoms with Crippen molar-refractivity contribution in [3.63, 3.8) is 0 Å². The predicted octanol–water partition coefficient (Wildman–Crippen LogP) is 2.87. The maximum atomic E-state index is 12.3. The van der Waals surface area contributed by atoms with E-state index < -0.39 is 0 Å². The standard InChI is InChI=1S/C15H19N3O/c1-10-5-4-6-11(9-10)16-15(19)14-12-7-2-3-8-13(12)17-18-14/h2-3,7-8,10-11H,4-6,9H2,1H3,(H,16,19)(H,17,18). The van der Waals surface area contributed by atoms with Gasteiger partial charge in [-0.2, -0.15) is 5.10 Å². The fourth-order valence-corrected chi connectivity index (χ4v) is 2.96. The zero-order valence-corrected chi connectivity index (χ0v) is 11.1. The Morgan fingerprint density at radius 3 is 3.05 bits per heavy atom. The Morgan fingerprint density at radius 2 is 2.21 bits per heavy atom. The molecule has 100 valence electrons. The van der Waals surface area contributed by atoms with Crippen molar-refractivity contribution >= 4 is 16.8 Å². The monoisotopic (exact) mass is 257 g/mol. The number of hydrogen-bond acceptors (Lipinski definition) is 2. The molecular formula is C15H19N3O. The average Bonchev–Trinajstić information content (AvgIpc) is 2.82. The number of amides is 1. The van der Waals surface area contributed by atoms with Crippen molar-refractivity contribution < 1.29 is 4.79 Å². The van der Waals surface area contributed by atoms with Crippen LogP contribution in [0.25, 0.3) is 10.9 Å². The van der Waals surface area contributed by atoms with E-state index in [9.17, 15) is 4.79 Å². The van der Waals surface area contributed by atoms with Crippen molar-refractivity contribution in [2.45, 2.75) is 38.6 Å². The third kappa shape index (κ3) is 2.48. The number of aromatic amines is 1. The molecule has 0 aliphatic heterocycles. The number of benzene rings is 1. The molecule has 0 radical (unpaired) electrons. The second-order valence-corrected chi connectivity index (χ2v) is 5.56. The van der Waals surface area contributed by atoms with E-state index in [1.165, 1.54) is 12.8 Å². The summed E-state index contributed by atoms with van der Waals surface area (Å²) in [4.78, 5) is 12.3. The van der Waals surface area contributed by atoms with Gasteiger partial charge in [0.25, 0.3) is 5.91 Å². The maximum Gasteiger partial charge on any atom is 0.272 e. The van der Waals surface area contributed by atoms with Gasteiger partial charge in [0.1, 0.15) is 0 Å². The lowest BCUT2D eigenvalue weighted by Gasteiger charge is -2.27. The highest BCUT2D eigenvalue weighted by Crippen LogP contribution is 2.24. The van der Waals surface area contributed by atoms with Gasteiger partial charge < -0.3 is 5.32 Å². The third-order valence-corrected chi connectivity index (χ3v) is 3.96. The van der Waals surface area contributed by atoms with E-state index >= 15 is 0 Å². The second kappa shape index (κ2) is 5.03. The molecule has 1 aromatic heterocycles. The van der Waals surface area contributed by atoms with Gasteiger partial charge >= 0.3 is 0 Å². The molecule has 1 aliphatic carbocycles. The molecule has 0 saturated heterocycles. The number of hydrogen-bond donors (Lipinski definition) is 2. The van der Waals surface area contributed by atoms with Crippen molar-refractivity contribution in [3.8, 4) is 0 Å². The van der Waals surface area contributed by atoms with Crippen LogP contribution in [0.15, 0.2) is 24.3 Å². The quantitative estimate of drug-likeness (QED) is 0.869. The molecule has 2 aromatic rings. The summed E-state index contributed by atoms with van der Waals surface area (Å²) in [5, 5.41) is 11.1. The minimum absolute atomic E-state index is 0.0587. The Bertz CT molecular complexity index is 590. The van der Waals surface area contributed by atoms with Gasteiger partial charge in [0, 0.05) is 11.4 Å². The van der Waals surface area contributed by atoms with Crippen LogP contribution in [0.3, 0.4) is 0 Å². The Morgan fingerprint density at radius 1 is 1.37 bits per heavy atom. The smallest absolute Gasteiger partial charge is 0.272 e. The SMILES string of the molecule is CC1CCCC(NC(=O)c2n[nH]c3ccccc23)C1. The van der Waals surface area contributed by atoms with Crippen LogP contribution in [0.4, 0.5) is 0 Å². The fourth-order valence-electron chi connectivity index (χ4n) is 2.96. The summed E-state index contributed by atoms with van der Waals surface area (Å²) in [5.41, 5.74) is 1.42. The first-order valence-corrected chi connectivity index (χ1v) is 6.98. The number of para-hydroxylation sites is 1. The highest BCUT2D eigenvalue weighted by atomic mass is 16.2. The Hall–Kier alpha value is -1.84. The summed E-state index contributed by atoms with van der Waals surface area (Å²) in [5.74, 6) is 0.645. The molecule has 1 amide bonds. The van der Waals surface area contributed by atoms with Crippen LogP contribution in [0.5, 0.6) is 0 Å². The van der Waals surface area contributed by atoms with E-state index in [0.29, 0.717) is 17.7 Å². The Kier molecular flexibility index (Phi) is 3.23. The molecule has 0 bridgehead atoms. The fraction of sp³-hybridized carbons (Fsp3) is 0.467. The summed E-state index contributed by atoms with van der Waals surface area (Å²) in [6.07, 6.45) is 4.64. The lowest BCUT2D eigenvalue weighted by molar-refractivity contribution is 0.0918. The average molecular weight is 257 g/mol. The summed E-state index contributed by atoms with van der Waals surface area (Å²) >= 11 is 0. The lowest BCUT2D eigenvalue weighted by atomic mass is 9.87.